The monoisotopic (exact) mass is 252 g/mol. The van der Waals surface area contributed by atoms with Crippen LogP contribution in [0.25, 0.3) is 0 Å². The average Bonchev–Trinajstić information content (AvgIpc) is 2.37. The van der Waals surface area contributed by atoms with E-state index in [1.54, 1.807) is 0 Å². The van der Waals surface area contributed by atoms with Crippen molar-refractivity contribution < 1.29 is 0 Å². The van der Waals surface area contributed by atoms with Gasteiger partial charge in [0.2, 0.25) is 0 Å². The molecule has 0 saturated heterocycles. The standard InChI is InChI=1S/C17H20N2/c1-10-13(9-18)2-3-16(19-10)17-14-5-11-4-12(7-14)8-15(17)6-11/h2-3,11-12,14-15,17H,4-8H2,1H3. The molecule has 4 fully saturated rings. The van der Waals surface area contributed by atoms with Crippen LogP contribution in [-0.2, 0) is 0 Å². The molecule has 5 rings (SSSR count). The highest BCUT2D eigenvalue weighted by Gasteiger charge is 2.49. The maximum atomic E-state index is 9.03. The zero-order valence-electron chi connectivity index (χ0n) is 11.5. The molecule has 1 heterocycles. The van der Waals surface area contributed by atoms with Crippen molar-refractivity contribution in [1.82, 2.24) is 4.98 Å². The maximum Gasteiger partial charge on any atom is 0.101 e. The Morgan fingerprint density at radius 1 is 1.05 bits per heavy atom. The molecule has 98 valence electrons. The second-order valence-corrected chi connectivity index (χ2v) is 6.94. The van der Waals surface area contributed by atoms with E-state index in [0.717, 1.165) is 34.9 Å². The molecule has 0 aromatic carbocycles. The van der Waals surface area contributed by atoms with E-state index < -0.39 is 0 Å². The van der Waals surface area contributed by atoms with Crippen molar-refractivity contribution in [3.8, 4) is 6.07 Å². The predicted molar refractivity (Wildman–Crippen MR) is 73.5 cm³/mol. The van der Waals surface area contributed by atoms with Crippen molar-refractivity contribution in [3.63, 3.8) is 0 Å². The minimum Gasteiger partial charge on any atom is -0.256 e. The van der Waals surface area contributed by atoms with Crippen LogP contribution in [0.3, 0.4) is 0 Å². The van der Waals surface area contributed by atoms with Gasteiger partial charge < -0.3 is 0 Å². The fraction of sp³-hybridized carbons (Fsp3) is 0.647. The van der Waals surface area contributed by atoms with Crippen LogP contribution in [0.5, 0.6) is 0 Å². The van der Waals surface area contributed by atoms with E-state index in [1.807, 2.05) is 13.0 Å². The number of rotatable bonds is 1. The molecule has 0 N–H and O–H groups in total. The van der Waals surface area contributed by atoms with E-state index in [2.05, 4.69) is 12.1 Å². The molecule has 19 heavy (non-hydrogen) atoms. The quantitative estimate of drug-likeness (QED) is 0.762. The van der Waals surface area contributed by atoms with E-state index in [1.165, 1.54) is 37.8 Å². The first kappa shape index (κ1) is 11.5. The fourth-order valence-electron chi connectivity index (χ4n) is 5.29. The molecule has 0 atom stereocenters. The maximum absolute atomic E-state index is 9.03. The van der Waals surface area contributed by atoms with Crippen molar-refractivity contribution in [3.05, 3.63) is 29.1 Å². The van der Waals surface area contributed by atoms with Gasteiger partial charge in [0.15, 0.2) is 0 Å². The fourth-order valence-corrected chi connectivity index (χ4v) is 5.29. The minimum absolute atomic E-state index is 0.680. The van der Waals surface area contributed by atoms with Crippen LogP contribution in [-0.4, -0.2) is 4.98 Å². The van der Waals surface area contributed by atoms with Gasteiger partial charge in [0, 0.05) is 11.6 Å². The van der Waals surface area contributed by atoms with Crippen molar-refractivity contribution in [2.75, 3.05) is 0 Å². The molecule has 4 saturated carbocycles. The van der Waals surface area contributed by atoms with Crippen LogP contribution in [0, 0.1) is 41.9 Å². The van der Waals surface area contributed by atoms with Gasteiger partial charge in [-0.2, -0.15) is 5.26 Å². The first-order valence-corrected chi connectivity index (χ1v) is 7.62. The lowest BCUT2D eigenvalue weighted by Crippen LogP contribution is -2.44. The summed E-state index contributed by atoms with van der Waals surface area (Å²) in [5.74, 6) is 4.45. The molecule has 0 unspecified atom stereocenters. The highest BCUT2D eigenvalue weighted by molar-refractivity contribution is 5.34. The van der Waals surface area contributed by atoms with Gasteiger partial charge in [0.05, 0.1) is 11.3 Å². The minimum atomic E-state index is 0.680. The largest absolute Gasteiger partial charge is 0.256 e. The smallest absolute Gasteiger partial charge is 0.101 e. The molecule has 2 nitrogen and oxygen atoms in total. The Hall–Kier alpha value is -1.36. The number of pyridine rings is 1. The molecule has 4 aliphatic rings. The van der Waals surface area contributed by atoms with Crippen molar-refractivity contribution >= 4 is 0 Å². The lowest BCUT2D eigenvalue weighted by Gasteiger charge is -2.54. The topological polar surface area (TPSA) is 36.7 Å². The third kappa shape index (κ3) is 1.71. The number of nitriles is 1. The third-order valence-corrected chi connectivity index (χ3v) is 5.80. The Morgan fingerprint density at radius 2 is 1.68 bits per heavy atom. The predicted octanol–water partition coefficient (Wildman–Crippen LogP) is 3.80. The normalized spacial score (nSPS) is 39.3. The first-order valence-electron chi connectivity index (χ1n) is 7.62. The van der Waals surface area contributed by atoms with Crippen molar-refractivity contribution in [1.29, 1.82) is 5.26 Å². The van der Waals surface area contributed by atoms with Gasteiger partial charge in [0.25, 0.3) is 0 Å². The first-order chi connectivity index (χ1) is 9.24. The van der Waals surface area contributed by atoms with Crippen LogP contribution >= 0.6 is 0 Å². The van der Waals surface area contributed by atoms with Gasteiger partial charge >= 0.3 is 0 Å². The SMILES string of the molecule is Cc1nc(C2C3CC4CC(C3)CC2C4)ccc1C#N. The number of aromatic nitrogens is 1. The molecule has 2 heteroatoms. The molecule has 1 aromatic heterocycles. The number of aryl methyl sites for hydroxylation is 1. The van der Waals surface area contributed by atoms with Gasteiger partial charge in [-0.3, -0.25) is 4.98 Å². The summed E-state index contributed by atoms with van der Waals surface area (Å²) in [7, 11) is 0. The lowest BCUT2D eigenvalue weighted by molar-refractivity contribution is -0.00418. The van der Waals surface area contributed by atoms with Crippen molar-refractivity contribution in [2.24, 2.45) is 23.7 Å². The Morgan fingerprint density at radius 3 is 2.21 bits per heavy atom. The van der Waals surface area contributed by atoms with Gasteiger partial charge in [-0.15, -0.1) is 0 Å². The number of hydrogen-bond acceptors (Lipinski definition) is 2. The highest BCUT2D eigenvalue weighted by Crippen LogP contribution is 2.59. The Balaban J connectivity index is 1.69. The third-order valence-electron chi connectivity index (χ3n) is 5.80. The highest BCUT2D eigenvalue weighted by atomic mass is 14.7. The average molecular weight is 252 g/mol. The summed E-state index contributed by atoms with van der Waals surface area (Å²) < 4.78 is 0. The summed E-state index contributed by atoms with van der Waals surface area (Å²) in [6.45, 7) is 1.97. The Labute approximate surface area is 114 Å². The second-order valence-electron chi connectivity index (χ2n) is 6.94. The van der Waals surface area contributed by atoms with Crippen LogP contribution in [0.1, 0.15) is 55.0 Å². The summed E-state index contributed by atoms with van der Waals surface area (Å²) in [6.07, 6.45) is 7.22. The molecular formula is C17H20N2. The molecule has 0 radical (unpaired) electrons. The van der Waals surface area contributed by atoms with E-state index in [9.17, 15) is 0 Å². The second kappa shape index (κ2) is 4.07. The van der Waals surface area contributed by atoms with Crippen LogP contribution in [0.15, 0.2) is 12.1 Å². The summed E-state index contributed by atoms with van der Waals surface area (Å²) in [6, 6.07) is 6.33. The molecule has 1 aromatic rings. The summed E-state index contributed by atoms with van der Waals surface area (Å²) >= 11 is 0. The van der Waals surface area contributed by atoms with E-state index in [-0.39, 0.29) is 0 Å². The lowest BCUT2D eigenvalue weighted by atomic mass is 9.51. The molecule has 4 bridgehead atoms. The summed E-state index contributed by atoms with van der Waals surface area (Å²) in [5.41, 5.74) is 2.91. The molecule has 0 amide bonds. The zero-order valence-corrected chi connectivity index (χ0v) is 11.5. The molecule has 4 aliphatic carbocycles. The molecule has 0 aliphatic heterocycles. The van der Waals surface area contributed by atoms with Gasteiger partial charge in [0.1, 0.15) is 6.07 Å². The van der Waals surface area contributed by atoms with E-state index >= 15 is 0 Å². The van der Waals surface area contributed by atoms with E-state index in [0.29, 0.717) is 5.92 Å². The summed E-state index contributed by atoms with van der Waals surface area (Å²) in [4.78, 5) is 4.77. The number of hydrogen-bond donors (Lipinski definition) is 0. The van der Waals surface area contributed by atoms with Gasteiger partial charge in [-0.05, 0) is 74.8 Å². The van der Waals surface area contributed by atoms with E-state index in [4.69, 9.17) is 10.2 Å². The molecule has 0 spiro atoms. The van der Waals surface area contributed by atoms with Crippen LogP contribution in [0.2, 0.25) is 0 Å². The summed E-state index contributed by atoms with van der Waals surface area (Å²) in [5, 5.41) is 9.03. The zero-order chi connectivity index (χ0) is 13.0. The number of nitrogens with zero attached hydrogens (tertiary/aromatic N) is 2. The molecular weight excluding hydrogens is 232 g/mol. The van der Waals surface area contributed by atoms with Crippen molar-refractivity contribution in [2.45, 2.75) is 44.9 Å². The Bertz CT molecular complexity index is 527. The van der Waals surface area contributed by atoms with Gasteiger partial charge in [-0.1, -0.05) is 0 Å². The van der Waals surface area contributed by atoms with Crippen LogP contribution in [0.4, 0.5) is 0 Å². The van der Waals surface area contributed by atoms with Gasteiger partial charge in [-0.25, -0.2) is 0 Å². The van der Waals surface area contributed by atoms with Crippen LogP contribution < -0.4 is 0 Å². The Kier molecular flexibility index (Phi) is 2.45.